The van der Waals surface area contributed by atoms with E-state index in [2.05, 4.69) is 11.9 Å². The van der Waals surface area contributed by atoms with E-state index in [0.717, 1.165) is 41.3 Å². The molecule has 122 valence electrons. The third-order valence-electron chi connectivity index (χ3n) is 4.08. The van der Waals surface area contributed by atoms with Crippen molar-refractivity contribution in [2.24, 2.45) is 0 Å². The van der Waals surface area contributed by atoms with Crippen molar-refractivity contribution in [1.82, 2.24) is 9.88 Å². The molecule has 2 aromatic heterocycles. The van der Waals surface area contributed by atoms with Gasteiger partial charge in [0, 0.05) is 7.05 Å². The monoisotopic (exact) mass is 334 g/mol. The van der Waals surface area contributed by atoms with Gasteiger partial charge >= 0.3 is 5.97 Å². The quantitative estimate of drug-likeness (QED) is 0.928. The molecule has 1 aliphatic rings. The van der Waals surface area contributed by atoms with E-state index in [9.17, 15) is 9.59 Å². The van der Waals surface area contributed by atoms with Crippen molar-refractivity contribution < 1.29 is 19.1 Å². The summed E-state index contributed by atoms with van der Waals surface area (Å²) >= 11 is 1.66. The molecule has 6 nitrogen and oxygen atoms in total. The molecular weight excluding hydrogens is 316 g/mol. The molecule has 3 rings (SSSR count). The molecule has 2 aromatic rings. The number of furan rings is 1. The zero-order valence-electron chi connectivity index (χ0n) is 13.0. The highest BCUT2D eigenvalue weighted by Gasteiger charge is 2.31. The van der Waals surface area contributed by atoms with Crippen LogP contribution in [0.1, 0.15) is 62.5 Å². The Bertz CT molecular complexity index is 749. The summed E-state index contributed by atoms with van der Waals surface area (Å²) in [6, 6.07) is 2.69. The van der Waals surface area contributed by atoms with Crippen molar-refractivity contribution in [3.63, 3.8) is 0 Å². The summed E-state index contributed by atoms with van der Waals surface area (Å²) in [4.78, 5) is 30.9. The Morgan fingerprint density at radius 3 is 2.83 bits per heavy atom. The van der Waals surface area contributed by atoms with Crippen molar-refractivity contribution >= 4 is 23.2 Å². The highest BCUT2D eigenvalue weighted by atomic mass is 32.1. The molecule has 0 radical (unpaired) electrons. The summed E-state index contributed by atoms with van der Waals surface area (Å²) in [6.45, 7) is 2.07. The fraction of sp³-hybridized carbons (Fsp3) is 0.438. The third-order valence-corrected chi connectivity index (χ3v) is 5.43. The second kappa shape index (κ2) is 6.16. The number of carbonyl (C=O) groups excluding carboxylic acids is 1. The average Bonchev–Trinajstić information content (AvgIpc) is 3.19. The molecule has 1 aliphatic carbocycles. The van der Waals surface area contributed by atoms with Crippen LogP contribution in [0.25, 0.3) is 0 Å². The van der Waals surface area contributed by atoms with Gasteiger partial charge in [-0.2, -0.15) is 0 Å². The van der Waals surface area contributed by atoms with Crippen LogP contribution in [0.4, 0.5) is 0 Å². The molecule has 1 atom stereocenters. The van der Waals surface area contributed by atoms with Gasteiger partial charge in [-0.15, -0.1) is 11.3 Å². The number of carboxylic acids is 1. The van der Waals surface area contributed by atoms with Gasteiger partial charge in [-0.25, -0.2) is 9.78 Å². The van der Waals surface area contributed by atoms with E-state index >= 15 is 0 Å². The van der Waals surface area contributed by atoms with E-state index in [-0.39, 0.29) is 23.5 Å². The van der Waals surface area contributed by atoms with Crippen LogP contribution in [-0.2, 0) is 12.8 Å². The number of nitrogens with zero attached hydrogens (tertiary/aromatic N) is 2. The molecule has 0 fully saturated rings. The lowest BCUT2D eigenvalue weighted by Crippen LogP contribution is -2.32. The van der Waals surface area contributed by atoms with Crippen LogP contribution in [0.2, 0.25) is 0 Å². The summed E-state index contributed by atoms with van der Waals surface area (Å²) in [5, 5.41) is 9.99. The summed E-state index contributed by atoms with van der Waals surface area (Å²) in [5.74, 6) is -1.65. The molecule has 1 amide bonds. The fourth-order valence-electron chi connectivity index (χ4n) is 2.85. The van der Waals surface area contributed by atoms with Gasteiger partial charge in [0.2, 0.25) is 5.76 Å². The SMILES string of the molecule is CCc1nc2c(s1)[C@H](N(C)C(=O)c1ccc(C(=O)O)o1)CCC2. The summed E-state index contributed by atoms with van der Waals surface area (Å²) < 4.78 is 5.13. The number of aromatic nitrogens is 1. The van der Waals surface area contributed by atoms with Crippen LogP contribution in [0.15, 0.2) is 16.5 Å². The van der Waals surface area contributed by atoms with Gasteiger partial charge in [-0.3, -0.25) is 4.79 Å². The second-order valence-corrected chi connectivity index (χ2v) is 6.68. The number of fused-ring (bicyclic) bond motifs is 1. The first kappa shape index (κ1) is 15.7. The van der Waals surface area contributed by atoms with E-state index in [1.165, 1.54) is 12.1 Å². The maximum absolute atomic E-state index is 12.6. The Morgan fingerprint density at radius 2 is 2.17 bits per heavy atom. The van der Waals surface area contributed by atoms with E-state index in [0.29, 0.717) is 0 Å². The van der Waals surface area contributed by atoms with Crippen LogP contribution in [0, 0.1) is 0 Å². The standard InChI is InChI=1S/C16H18N2O4S/c1-3-13-17-9-5-4-6-10(14(9)23-13)18(2)15(19)11-7-8-12(22-11)16(20)21/h7-8,10H,3-6H2,1-2H3,(H,20,21)/t10-/m1/s1. The smallest absolute Gasteiger partial charge is 0.371 e. The Kier molecular flexibility index (Phi) is 4.21. The van der Waals surface area contributed by atoms with Gasteiger partial charge < -0.3 is 14.4 Å². The predicted molar refractivity (Wildman–Crippen MR) is 84.9 cm³/mol. The highest BCUT2D eigenvalue weighted by molar-refractivity contribution is 7.11. The van der Waals surface area contributed by atoms with Gasteiger partial charge in [-0.05, 0) is 37.8 Å². The second-order valence-electron chi connectivity index (χ2n) is 5.57. The van der Waals surface area contributed by atoms with Crippen molar-refractivity contribution in [2.75, 3.05) is 7.05 Å². The molecular formula is C16H18N2O4S. The number of rotatable bonds is 4. The normalized spacial score (nSPS) is 16.9. The maximum atomic E-state index is 12.6. The van der Waals surface area contributed by atoms with Crippen LogP contribution in [0.3, 0.4) is 0 Å². The Morgan fingerprint density at radius 1 is 1.43 bits per heavy atom. The van der Waals surface area contributed by atoms with E-state index < -0.39 is 5.97 Å². The first-order valence-corrected chi connectivity index (χ1v) is 8.41. The lowest BCUT2D eigenvalue weighted by atomic mass is 9.97. The molecule has 0 unspecified atom stereocenters. The number of hydrogen-bond acceptors (Lipinski definition) is 5. The van der Waals surface area contributed by atoms with E-state index in [1.807, 2.05) is 0 Å². The lowest BCUT2D eigenvalue weighted by Gasteiger charge is -2.30. The number of aromatic carboxylic acids is 1. The molecule has 1 N–H and O–H groups in total. The van der Waals surface area contributed by atoms with E-state index in [1.54, 1.807) is 23.3 Å². The predicted octanol–water partition coefficient (Wildman–Crippen LogP) is 3.15. The van der Waals surface area contributed by atoms with Crippen molar-refractivity contribution in [3.05, 3.63) is 39.2 Å². The van der Waals surface area contributed by atoms with Gasteiger partial charge in [0.1, 0.15) is 0 Å². The number of carbonyl (C=O) groups is 2. The molecule has 0 saturated carbocycles. The molecule has 0 saturated heterocycles. The zero-order valence-corrected chi connectivity index (χ0v) is 13.9. The first-order valence-electron chi connectivity index (χ1n) is 7.60. The molecule has 0 spiro atoms. The van der Waals surface area contributed by atoms with Crippen LogP contribution in [0.5, 0.6) is 0 Å². The zero-order chi connectivity index (χ0) is 16.6. The molecule has 23 heavy (non-hydrogen) atoms. The Balaban J connectivity index is 1.85. The van der Waals surface area contributed by atoms with Gasteiger partial charge in [0.25, 0.3) is 5.91 Å². The Labute approximate surface area is 137 Å². The van der Waals surface area contributed by atoms with Crippen LogP contribution in [-0.4, -0.2) is 33.9 Å². The molecule has 7 heteroatoms. The lowest BCUT2D eigenvalue weighted by molar-refractivity contribution is 0.0640. The Hall–Kier alpha value is -2.15. The minimum absolute atomic E-state index is 0.0255. The largest absolute Gasteiger partial charge is 0.475 e. The molecule has 0 aromatic carbocycles. The molecule has 0 aliphatic heterocycles. The summed E-state index contributed by atoms with van der Waals surface area (Å²) in [7, 11) is 1.73. The maximum Gasteiger partial charge on any atom is 0.371 e. The third kappa shape index (κ3) is 2.88. The average molecular weight is 334 g/mol. The van der Waals surface area contributed by atoms with Gasteiger partial charge in [0.15, 0.2) is 5.76 Å². The fourth-order valence-corrected chi connectivity index (χ4v) is 4.08. The number of aryl methyl sites for hydroxylation is 2. The molecule has 0 bridgehead atoms. The number of thiazole rings is 1. The van der Waals surface area contributed by atoms with Crippen LogP contribution < -0.4 is 0 Å². The minimum Gasteiger partial charge on any atom is -0.475 e. The first-order chi connectivity index (χ1) is 11.0. The topological polar surface area (TPSA) is 83.6 Å². The van der Waals surface area contributed by atoms with Gasteiger partial charge in [0.05, 0.1) is 21.6 Å². The van der Waals surface area contributed by atoms with Gasteiger partial charge in [-0.1, -0.05) is 6.92 Å². The number of carboxylic acid groups (broad SMARTS) is 1. The van der Waals surface area contributed by atoms with E-state index in [4.69, 9.17) is 9.52 Å². The van der Waals surface area contributed by atoms with Crippen molar-refractivity contribution in [3.8, 4) is 0 Å². The summed E-state index contributed by atoms with van der Waals surface area (Å²) in [5.41, 5.74) is 1.09. The number of amides is 1. The highest BCUT2D eigenvalue weighted by Crippen LogP contribution is 2.38. The molecule has 2 heterocycles. The van der Waals surface area contributed by atoms with Crippen LogP contribution >= 0.6 is 11.3 Å². The summed E-state index contributed by atoms with van der Waals surface area (Å²) in [6.07, 6.45) is 3.71. The van der Waals surface area contributed by atoms with Crippen molar-refractivity contribution in [2.45, 2.75) is 38.6 Å². The number of hydrogen-bond donors (Lipinski definition) is 1. The minimum atomic E-state index is -1.18. The van der Waals surface area contributed by atoms with Crippen molar-refractivity contribution in [1.29, 1.82) is 0 Å².